The second-order valence-electron chi connectivity index (χ2n) is 4.11. The quantitative estimate of drug-likeness (QED) is 0.670. The van der Waals surface area contributed by atoms with E-state index < -0.39 is 0 Å². The molecular formula is C12H15NO. The van der Waals surface area contributed by atoms with E-state index in [0.717, 1.165) is 26.0 Å². The molecule has 0 spiro atoms. The van der Waals surface area contributed by atoms with Gasteiger partial charge in [-0.2, -0.15) is 0 Å². The van der Waals surface area contributed by atoms with Crippen LogP contribution in [0.25, 0.3) is 0 Å². The Hall–Kier alpha value is -0.860. The Morgan fingerprint density at radius 2 is 2.21 bits per heavy atom. The van der Waals surface area contributed by atoms with Crippen molar-refractivity contribution in [1.82, 2.24) is 5.32 Å². The zero-order valence-electron chi connectivity index (χ0n) is 8.20. The highest BCUT2D eigenvalue weighted by Crippen LogP contribution is 2.34. The molecule has 1 aliphatic heterocycles. The van der Waals surface area contributed by atoms with E-state index in [-0.39, 0.29) is 0 Å². The van der Waals surface area contributed by atoms with Gasteiger partial charge in [0.2, 0.25) is 0 Å². The zero-order chi connectivity index (χ0) is 9.38. The van der Waals surface area contributed by atoms with Crippen molar-refractivity contribution >= 4 is 0 Å². The van der Waals surface area contributed by atoms with Gasteiger partial charge in [-0.1, -0.05) is 24.3 Å². The van der Waals surface area contributed by atoms with Crippen molar-refractivity contribution in [2.24, 2.45) is 0 Å². The first kappa shape index (κ1) is 8.45. The predicted octanol–water partition coefficient (Wildman–Crippen LogP) is 1.66. The minimum Gasteiger partial charge on any atom is -0.372 e. The van der Waals surface area contributed by atoms with Crippen LogP contribution in [0.1, 0.15) is 23.7 Å². The van der Waals surface area contributed by atoms with E-state index in [2.05, 4.69) is 29.6 Å². The van der Waals surface area contributed by atoms with Gasteiger partial charge in [-0.3, -0.25) is 0 Å². The molecule has 0 bridgehead atoms. The van der Waals surface area contributed by atoms with Crippen molar-refractivity contribution in [1.29, 1.82) is 0 Å². The van der Waals surface area contributed by atoms with Gasteiger partial charge in [-0.25, -0.2) is 0 Å². The molecule has 2 nitrogen and oxygen atoms in total. The molecule has 1 saturated heterocycles. The van der Waals surface area contributed by atoms with Crippen LogP contribution >= 0.6 is 0 Å². The topological polar surface area (TPSA) is 21.3 Å². The summed E-state index contributed by atoms with van der Waals surface area (Å²) in [4.78, 5) is 0. The number of hydrogen-bond acceptors (Lipinski definition) is 2. The zero-order valence-corrected chi connectivity index (χ0v) is 8.20. The first-order valence-corrected chi connectivity index (χ1v) is 5.38. The Kier molecular flexibility index (Phi) is 2.03. The van der Waals surface area contributed by atoms with Gasteiger partial charge in [0.05, 0.1) is 6.10 Å². The lowest BCUT2D eigenvalue weighted by molar-refractivity contribution is 0.0505. The molecule has 0 unspecified atom stereocenters. The average Bonchev–Trinajstić information content (AvgIpc) is 2.42. The van der Waals surface area contributed by atoms with Crippen LogP contribution in [-0.4, -0.2) is 19.2 Å². The van der Waals surface area contributed by atoms with Crippen LogP contribution in [0.4, 0.5) is 0 Å². The summed E-state index contributed by atoms with van der Waals surface area (Å²) in [5.41, 5.74) is 2.85. The molecule has 74 valence electrons. The Balaban J connectivity index is 1.96. The molecule has 0 saturated carbocycles. The fourth-order valence-corrected chi connectivity index (χ4v) is 2.51. The van der Waals surface area contributed by atoms with Gasteiger partial charge < -0.3 is 10.1 Å². The molecule has 2 aliphatic rings. The number of hydrogen-bond donors (Lipinski definition) is 1. The molecule has 1 heterocycles. The summed E-state index contributed by atoms with van der Waals surface area (Å²) in [6, 6.07) is 9.15. The number of nitrogens with one attached hydrogen (secondary N) is 1. The van der Waals surface area contributed by atoms with E-state index in [1.165, 1.54) is 11.1 Å². The van der Waals surface area contributed by atoms with E-state index in [1.54, 1.807) is 0 Å². The van der Waals surface area contributed by atoms with Gasteiger partial charge >= 0.3 is 0 Å². The molecule has 0 amide bonds. The fraction of sp³-hybridized carbons (Fsp3) is 0.500. The number of fused-ring (bicyclic) bond motifs is 3. The lowest BCUT2D eigenvalue weighted by Crippen LogP contribution is -2.31. The fourth-order valence-electron chi connectivity index (χ4n) is 2.51. The van der Waals surface area contributed by atoms with Crippen molar-refractivity contribution in [2.75, 3.05) is 13.2 Å². The van der Waals surface area contributed by atoms with Crippen LogP contribution in [0.15, 0.2) is 24.3 Å². The van der Waals surface area contributed by atoms with Crippen LogP contribution < -0.4 is 5.32 Å². The molecule has 1 aromatic carbocycles. The monoisotopic (exact) mass is 189 g/mol. The SMILES string of the molecule is c1ccc2c(c1)C[C@H]1NCCCO[C@@H]21. The summed E-state index contributed by atoms with van der Waals surface area (Å²) in [7, 11) is 0. The van der Waals surface area contributed by atoms with Gasteiger partial charge in [0.1, 0.15) is 0 Å². The standard InChI is InChI=1S/C12H15NO/c1-2-5-10-9(4-1)8-11-12(10)14-7-3-6-13-11/h1-2,4-5,11-13H,3,6-8H2/t11-,12+/m1/s1. The molecule has 1 aromatic rings. The van der Waals surface area contributed by atoms with Gasteiger partial charge in [0, 0.05) is 12.6 Å². The van der Waals surface area contributed by atoms with Crippen molar-refractivity contribution < 1.29 is 4.74 Å². The Bertz CT molecular complexity index is 337. The van der Waals surface area contributed by atoms with Gasteiger partial charge in [-0.15, -0.1) is 0 Å². The maximum atomic E-state index is 5.89. The molecule has 0 radical (unpaired) electrons. The minimum absolute atomic E-state index is 0.300. The number of benzene rings is 1. The summed E-state index contributed by atoms with van der Waals surface area (Å²) in [6.45, 7) is 1.98. The van der Waals surface area contributed by atoms with Crippen LogP contribution in [0, 0.1) is 0 Å². The maximum absolute atomic E-state index is 5.89. The molecule has 1 aliphatic carbocycles. The third-order valence-electron chi connectivity index (χ3n) is 3.19. The van der Waals surface area contributed by atoms with Crippen LogP contribution in [0.2, 0.25) is 0 Å². The molecule has 3 rings (SSSR count). The molecule has 14 heavy (non-hydrogen) atoms. The third-order valence-corrected chi connectivity index (χ3v) is 3.19. The molecule has 0 aromatic heterocycles. The van der Waals surface area contributed by atoms with Gasteiger partial charge in [-0.05, 0) is 30.5 Å². The van der Waals surface area contributed by atoms with Crippen LogP contribution in [0.3, 0.4) is 0 Å². The van der Waals surface area contributed by atoms with Crippen molar-refractivity contribution in [3.8, 4) is 0 Å². The van der Waals surface area contributed by atoms with E-state index in [9.17, 15) is 0 Å². The number of rotatable bonds is 0. The van der Waals surface area contributed by atoms with Crippen molar-refractivity contribution in [3.05, 3.63) is 35.4 Å². The Labute approximate surface area is 84.3 Å². The lowest BCUT2D eigenvalue weighted by atomic mass is 10.1. The third kappa shape index (κ3) is 1.26. The highest BCUT2D eigenvalue weighted by atomic mass is 16.5. The summed E-state index contributed by atoms with van der Waals surface area (Å²) < 4.78 is 5.89. The largest absolute Gasteiger partial charge is 0.372 e. The smallest absolute Gasteiger partial charge is 0.0983 e. The molecule has 2 atom stereocenters. The normalized spacial score (nSPS) is 30.6. The summed E-state index contributed by atoms with van der Waals surface area (Å²) in [5.74, 6) is 0. The summed E-state index contributed by atoms with van der Waals surface area (Å²) >= 11 is 0. The summed E-state index contributed by atoms with van der Waals surface area (Å²) in [5, 5.41) is 3.57. The van der Waals surface area contributed by atoms with E-state index >= 15 is 0 Å². The van der Waals surface area contributed by atoms with E-state index in [0.29, 0.717) is 12.1 Å². The van der Waals surface area contributed by atoms with Gasteiger partial charge in [0.15, 0.2) is 0 Å². The van der Waals surface area contributed by atoms with E-state index in [4.69, 9.17) is 4.74 Å². The minimum atomic E-state index is 0.300. The number of ether oxygens (including phenoxy) is 1. The molecule has 1 fully saturated rings. The first-order valence-electron chi connectivity index (χ1n) is 5.38. The molecule has 1 N–H and O–H groups in total. The predicted molar refractivity (Wildman–Crippen MR) is 55.2 cm³/mol. The van der Waals surface area contributed by atoms with E-state index in [1.807, 2.05) is 0 Å². The average molecular weight is 189 g/mol. The maximum Gasteiger partial charge on any atom is 0.0983 e. The Morgan fingerprint density at radius 3 is 3.21 bits per heavy atom. The van der Waals surface area contributed by atoms with Gasteiger partial charge in [0.25, 0.3) is 0 Å². The van der Waals surface area contributed by atoms with Crippen molar-refractivity contribution in [2.45, 2.75) is 25.0 Å². The second kappa shape index (κ2) is 3.37. The van der Waals surface area contributed by atoms with Crippen LogP contribution in [0.5, 0.6) is 0 Å². The first-order chi connectivity index (χ1) is 6.95. The highest BCUT2D eigenvalue weighted by Gasteiger charge is 2.33. The van der Waals surface area contributed by atoms with Crippen LogP contribution in [-0.2, 0) is 11.2 Å². The second-order valence-corrected chi connectivity index (χ2v) is 4.11. The molecule has 2 heteroatoms. The van der Waals surface area contributed by atoms with Crippen molar-refractivity contribution in [3.63, 3.8) is 0 Å². The summed E-state index contributed by atoms with van der Waals surface area (Å²) in [6.07, 6.45) is 2.56. The molecular weight excluding hydrogens is 174 g/mol. The Morgan fingerprint density at radius 1 is 1.29 bits per heavy atom. The lowest BCUT2D eigenvalue weighted by Gasteiger charge is -2.17. The highest BCUT2D eigenvalue weighted by molar-refractivity contribution is 5.36.